The van der Waals surface area contributed by atoms with Gasteiger partial charge >= 0.3 is 0 Å². The monoisotopic (exact) mass is 514 g/mol. The molecule has 0 aromatic rings. The highest BCUT2D eigenvalue weighted by Crippen LogP contribution is 2.64. The third kappa shape index (κ3) is 3.71. The van der Waals surface area contributed by atoms with Crippen molar-refractivity contribution >= 4 is 0 Å². The van der Waals surface area contributed by atoms with Crippen LogP contribution in [0, 0.1) is 21.7 Å². The first-order chi connectivity index (χ1) is 15.7. The second kappa shape index (κ2) is 8.63. The molecule has 6 atom stereocenters. The Hall–Kier alpha value is -0.240. The SMILES string of the molecule is CC[C@]1(C)C(C)(C)O[C@@](C)(COC[C@]2(C)C(C)(C)O[C@](C)(COC)C(C)(C)[C@]2(C)O)C(C)(C)[C@]1(C)O. The first-order valence-corrected chi connectivity index (χ1v) is 13.7. The lowest BCUT2D eigenvalue weighted by Gasteiger charge is -2.69. The van der Waals surface area contributed by atoms with E-state index in [1.807, 2.05) is 62.3 Å². The number of hydrogen-bond acceptors (Lipinski definition) is 6. The van der Waals surface area contributed by atoms with Gasteiger partial charge in [0, 0.05) is 28.8 Å². The van der Waals surface area contributed by atoms with E-state index < -0.39 is 55.3 Å². The zero-order chi connectivity index (χ0) is 28.7. The maximum absolute atomic E-state index is 12.2. The Morgan fingerprint density at radius 3 is 1.31 bits per heavy atom. The van der Waals surface area contributed by atoms with Crippen LogP contribution in [0.2, 0.25) is 0 Å². The van der Waals surface area contributed by atoms with Crippen LogP contribution >= 0.6 is 0 Å². The Balaban J connectivity index is 2.43. The van der Waals surface area contributed by atoms with Gasteiger partial charge in [0.1, 0.15) is 0 Å². The normalized spacial score (nSPS) is 47.5. The van der Waals surface area contributed by atoms with Gasteiger partial charge in [0.05, 0.1) is 53.4 Å². The fourth-order valence-electron chi connectivity index (χ4n) is 7.42. The van der Waals surface area contributed by atoms with Crippen LogP contribution in [0.15, 0.2) is 0 Å². The van der Waals surface area contributed by atoms with Gasteiger partial charge in [0.15, 0.2) is 0 Å². The highest BCUT2D eigenvalue weighted by Gasteiger charge is 2.72. The highest BCUT2D eigenvalue weighted by atomic mass is 16.6. The molecule has 2 heterocycles. The molecule has 0 radical (unpaired) electrons. The summed E-state index contributed by atoms with van der Waals surface area (Å²) in [6, 6.07) is 0. The predicted molar refractivity (Wildman–Crippen MR) is 145 cm³/mol. The molecule has 2 saturated heterocycles. The Labute approximate surface area is 221 Å². The Bertz CT molecular complexity index is 827. The molecule has 36 heavy (non-hydrogen) atoms. The summed E-state index contributed by atoms with van der Waals surface area (Å²) in [4.78, 5) is 0. The summed E-state index contributed by atoms with van der Waals surface area (Å²) >= 11 is 0. The summed E-state index contributed by atoms with van der Waals surface area (Å²) in [5, 5.41) is 24.2. The fourth-order valence-corrected chi connectivity index (χ4v) is 7.42. The van der Waals surface area contributed by atoms with E-state index in [0.29, 0.717) is 6.61 Å². The molecule has 0 unspecified atom stereocenters. The summed E-state index contributed by atoms with van der Waals surface area (Å²) in [6.07, 6.45) is 0.787. The van der Waals surface area contributed by atoms with Crippen molar-refractivity contribution in [3.8, 4) is 0 Å². The Morgan fingerprint density at radius 1 is 0.556 bits per heavy atom. The van der Waals surface area contributed by atoms with E-state index in [4.69, 9.17) is 18.9 Å². The van der Waals surface area contributed by atoms with Crippen LogP contribution < -0.4 is 0 Å². The lowest BCUT2D eigenvalue weighted by Crippen LogP contribution is -2.78. The van der Waals surface area contributed by atoms with Gasteiger partial charge in [0.2, 0.25) is 0 Å². The minimum atomic E-state index is -1.15. The van der Waals surface area contributed by atoms with Crippen LogP contribution in [-0.2, 0) is 18.9 Å². The van der Waals surface area contributed by atoms with Gasteiger partial charge in [-0.2, -0.15) is 0 Å². The smallest absolute Gasteiger partial charge is 0.0972 e. The van der Waals surface area contributed by atoms with Crippen molar-refractivity contribution < 1.29 is 29.2 Å². The van der Waals surface area contributed by atoms with Crippen molar-refractivity contribution in [3.63, 3.8) is 0 Å². The molecular weight excluding hydrogens is 456 g/mol. The number of methoxy groups -OCH3 is 1. The molecule has 0 aromatic heterocycles. The minimum absolute atomic E-state index is 0.266. The quantitative estimate of drug-likeness (QED) is 0.450. The third-order valence-corrected chi connectivity index (χ3v) is 12.7. The van der Waals surface area contributed by atoms with Gasteiger partial charge in [-0.1, -0.05) is 48.5 Å². The molecule has 2 rings (SSSR count). The second-order valence-electron chi connectivity index (χ2n) is 15.0. The van der Waals surface area contributed by atoms with E-state index in [0.717, 1.165) is 6.42 Å². The Morgan fingerprint density at radius 2 is 0.917 bits per heavy atom. The van der Waals surface area contributed by atoms with E-state index in [2.05, 4.69) is 41.5 Å². The lowest BCUT2D eigenvalue weighted by molar-refractivity contribution is -0.382. The summed E-state index contributed by atoms with van der Waals surface area (Å²) in [5.74, 6) is 0. The van der Waals surface area contributed by atoms with Crippen LogP contribution in [0.25, 0.3) is 0 Å². The molecule has 214 valence electrons. The largest absolute Gasteiger partial charge is 0.389 e. The molecule has 2 aliphatic rings. The Kier molecular flexibility index (Phi) is 7.66. The van der Waals surface area contributed by atoms with Crippen LogP contribution in [0.5, 0.6) is 0 Å². The van der Waals surface area contributed by atoms with Gasteiger partial charge in [-0.3, -0.25) is 0 Å². The minimum Gasteiger partial charge on any atom is -0.389 e. The zero-order valence-corrected chi connectivity index (χ0v) is 26.4. The average Bonchev–Trinajstić information content (AvgIpc) is 2.69. The zero-order valence-electron chi connectivity index (χ0n) is 26.4. The van der Waals surface area contributed by atoms with Crippen LogP contribution in [-0.4, -0.2) is 70.7 Å². The molecular formula is C30H58O6. The summed E-state index contributed by atoms with van der Waals surface area (Å²) in [6.45, 7) is 31.5. The molecule has 2 fully saturated rings. The van der Waals surface area contributed by atoms with Gasteiger partial charge in [-0.15, -0.1) is 0 Å². The van der Waals surface area contributed by atoms with E-state index in [1.165, 1.54) is 0 Å². The molecule has 0 aliphatic carbocycles. The molecule has 0 spiro atoms. The van der Waals surface area contributed by atoms with Crippen molar-refractivity contribution in [3.05, 3.63) is 0 Å². The van der Waals surface area contributed by atoms with Crippen molar-refractivity contribution in [2.24, 2.45) is 21.7 Å². The highest BCUT2D eigenvalue weighted by molar-refractivity contribution is 5.20. The van der Waals surface area contributed by atoms with E-state index >= 15 is 0 Å². The number of hydrogen-bond donors (Lipinski definition) is 2. The average molecular weight is 515 g/mol. The summed E-state index contributed by atoms with van der Waals surface area (Å²) in [5.41, 5.74) is -7.36. The fraction of sp³-hybridized carbons (Fsp3) is 1.00. The number of ether oxygens (including phenoxy) is 4. The number of rotatable bonds is 7. The van der Waals surface area contributed by atoms with E-state index in [-0.39, 0.29) is 13.2 Å². The van der Waals surface area contributed by atoms with E-state index in [9.17, 15) is 10.2 Å². The molecule has 6 heteroatoms. The molecule has 2 N–H and O–H groups in total. The van der Waals surface area contributed by atoms with Crippen molar-refractivity contribution in [1.29, 1.82) is 0 Å². The maximum Gasteiger partial charge on any atom is 0.0972 e. The lowest BCUT2D eigenvalue weighted by atomic mass is 9.48. The van der Waals surface area contributed by atoms with Gasteiger partial charge in [-0.05, 0) is 61.8 Å². The van der Waals surface area contributed by atoms with E-state index in [1.54, 1.807) is 7.11 Å². The molecule has 0 saturated carbocycles. The van der Waals surface area contributed by atoms with Crippen molar-refractivity contribution in [1.82, 2.24) is 0 Å². The van der Waals surface area contributed by atoms with Crippen LogP contribution in [0.1, 0.15) is 110 Å². The predicted octanol–water partition coefficient (Wildman–Crippen LogP) is 5.76. The van der Waals surface area contributed by atoms with Gasteiger partial charge in [-0.25, -0.2) is 0 Å². The molecule has 2 aliphatic heterocycles. The molecule has 0 amide bonds. The summed E-state index contributed by atoms with van der Waals surface area (Å²) in [7, 11) is 1.66. The van der Waals surface area contributed by atoms with Gasteiger partial charge < -0.3 is 29.2 Å². The number of aliphatic hydroxyl groups is 2. The maximum atomic E-state index is 12.2. The molecule has 0 aromatic carbocycles. The van der Waals surface area contributed by atoms with Gasteiger partial charge in [0.25, 0.3) is 0 Å². The first-order valence-electron chi connectivity index (χ1n) is 13.7. The van der Waals surface area contributed by atoms with Crippen LogP contribution in [0.4, 0.5) is 0 Å². The summed E-state index contributed by atoms with van der Waals surface area (Å²) < 4.78 is 25.7. The van der Waals surface area contributed by atoms with Crippen LogP contribution in [0.3, 0.4) is 0 Å². The molecule has 6 nitrogen and oxygen atoms in total. The third-order valence-electron chi connectivity index (χ3n) is 12.7. The van der Waals surface area contributed by atoms with Crippen molar-refractivity contribution in [2.45, 2.75) is 144 Å². The van der Waals surface area contributed by atoms with Crippen molar-refractivity contribution in [2.75, 3.05) is 26.9 Å². The topological polar surface area (TPSA) is 77.4 Å². The first kappa shape index (κ1) is 32.0. The second-order valence-corrected chi connectivity index (χ2v) is 15.0. The molecule has 0 bridgehead atoms. The standard InChI is InChI=1S/C30H58O6/c1-17-25(10)23(6,7)35-28(13,22(4,5)29(25,14)31)20-34-18-26(11)24(8,9)36-27(12,19-33-16)21(2,3)30(26,15)32/h31-32H,17-20H2,1-16H3/t25-,26-,27-,28+,29+,30+/m1/s1.